The molecule has 0 aliphatic rings. The molecule has 0 unspecified atom stereocenters. The van der Waals surface area contributed by atoms with Gasteiger partial charge in [-0.3, -0.25) is 0 Å². The van der Waals surface area contributed by atoms with Crippen LogP contribution in [0.15, 0.2) is 30.3 Å². The second kappa shape index (κ2) is 7.85. The third-order valence-electron chi connectivity index (χ3n) is 5.01. The van der Waals surface area contributed by atoms with Crippen LogP contribution in [0, 0.1) is 5.82 Å². The molecule has 2 aromatic rings. The van der Waals surface area contributed by atoms with E-state index in [2.05, 4.69) is 33.9 Å². The SMILES string of the molecule is COCOc1ccc2c(CCO[Si](C)(C)C(C)(C)C)c(F)ccc2c1. The molecular formula is C20H29FO3Si. The Kier molecular flexibility index (Phi) is 6.24. The molecule has 0 atom stereocenters. The number of hydrogen-bond acceptors (Lipinski definition) is 3. The van der Waals surface area contributed by atoms with Gasteiger partial charge in [0.05, 0.1) is 0 Å². The highest BCUT2D eigenvalue weighted by atomic mass is 28.4. The van der Waals surface area contributed by atoms with E-state index in [-0.39, 0.29) is 17.6 Å². The third-order valence-corrected chi connectivity index (χ3v) is 9.55. The highest BCUT2D eigenvalue weighted by Crippen LogP contribution is 2.36. The number of hydrogen-bond donors (Lipinski definition) is 0. The molecule has 2 rings (SSSR count). The number of methoxy groups -OCH3 is 1. The fraction of sp³-hybridized carbons (Fsp3) is 0.500. The average Bonchev–Trinajstić information content (AvgIpc) is 2.53. The molecule has 0 aromatic heterocycles. The minimum Gasteiger partial charge on any atom is -0.468 e. The molecule has 25 heavy (non-hydrogen) atoms. The molecule has 0 heterocycles. The van der Waals surface area contributed by atoms with Gasteiger partial charge in [0, 0.05) is 13.7 Å². The van der Waals surface area contributed by atoms with Crippen molar-refractivity contribution in [1.82, 2.24) is 0 Å². The number of ether oxygens (including phenoxy) is 2. The Morgan fingerprint density at radius 3 is 2.44 bits per heavy atom. The maximum atomic E-state index is 14.4. The normalized spacial score (nSPS) is 12.6. The zero-order chi connectivity index (χ0) is 18.7. The smallest absolute Gasteiger partial charge is 0.191 e. The van der Waals surface area contributed by atoms with Gasteiger partial charge in [-0.2, -0.15) is 0 Å². The molecule has 0 radical (unpaired) electrons. The van der Waals surface area contributed by atoms with Gasteiger partial charge in [-0.25, -0.2) is 4.39 Å². The summed E-state index contributed by atoms with van der Waals surface area (Å²) in [6.45, 7) is 11.8. The van der Waals surface area contributed by atoms with E-state index in [1.54, 1.807) is 13.2 Å². The van der Waals surface area contributed by atoms with Crippen LogP contribution in [0.2, 0.25) is 18.1 Å². The van der Waals surface area contributed by atoms with Crippen molar-refractivity contribution in [2.45, 2.75) is 45.3 Å². The fourth-order valence-electron chi connectivity index (χ4n) is 2.44. The topological polar surface area (TPSA) is 27.7 Å². The largest absolute Gasteiger partial charge is 0.468 e. The summed E-state index contributed by atoms with van der Waals surface area (Å²) in [4.78, 5) is 0. The van der Waals surface area contributed by atoms with E-state index in [1.807, 2.05) is 18.2 Å². The number of benzene rings is 2. The van der Waals surface area contributed by atoms with E-state index in [9.17, 15) is 4.39 Å². The molecule has 2 aromatic carbocycles. The summed E-state index contributed by atoms with van der Waals surface area (Å²) >= 11 is 0. The van der Waals surface area contributed by atoms with Crippen LogP contribution in [0.3, 0.4) is 0 Å². The van der Waals surface area contributed by atoms with Crippen molar-refractivity contribution < 1.29 is 18.3 Å². The molecule has 0 aliphatic carbocycles. The van der Waals surface area contributed by atoms with Crippen LogP contribution in [0.1, 0.15) is 26.3 Å². The molecule has 5 heteroatoms. The predicted molar refractivity (Wildman–Crippen MR) is 103 cm³/mol. The van der Waals surface area contributed by atoms with Crippen LogP contribution in [0.4, 0.5) is 4.39 Å². The summed E-state index contributed by atoms with van der Waals surface area (Å²) in [5.74, 6) is 0.529. The molecule has 0 aliphatic heterocycles. The van der Waals surface area contributed by atoms with Crippen LogP contribution in [-0.2, 0) is 15.6 Å². The standard InChI is InChI=1S/C20H29FO3Si/c1-20(2,3)25(5,6)24-12-11-18-17-9-8-16(23-14-22-4)13-15(17)7-10-19(18)21/h7-10,13H,11-12,14H2,1-6H3. The van der Waals surface area contributed by atoms with Crippen molar-refractivity contribution >= 4 is 19.1 Å². The lowest BCUT2D eigenvalue weighted by molar-refractivity contribution is 0.0512. The van der Waals surface area contributed by atoms with Gasteiger partial charge in [-0.05, 0) is 59.1 Å². The van der Waals surface area contributed by atoms with Crippen LogP contribution in [-0.4, -0.2) is 28.8 Å². The minimum atomic E-state index is -1.82. The zero-order valence-corrected chi connectivity index (χ0v) is 17.1. The summed E-state index contributed by atoms with van der Waals surface area (Å²) in [5, 5.41) is 2.01. The third kappa shape index (κ3) is 4.81. The van der Waals surface area contributed by atoms with Crippen molar-refractivity contribution in [1.29, 1.82) is 0 Å². The molecule has 0 fully saturated rings. The lowest BCUT2D eigenvalue weighted by Gasteiger charge is -2.36. The van der Waals surface area contributed by atoms with Crippen molar-refractivity contribution in [2.24, 2.45) is 0 Å². The van der Waals surface area contributed by atoms with Gasteiger partial charge >= 0.3 is 0 Å². The van der Waals surface area contributed by atoms with E-state index in [4.69, 9.17) is 13.9 Å². The Balaban J connectivity index is 2.18. The first-order valence-corrected chi connectivity index (χ1v) is 11.5. The summed E-state index contributed by atoms with van der Waals surface area (Å²) in [6, 6.07) is 8.96. The van der Waals surface area contributed by atoms with Crippen molar-refractivity contribution in [3.05, 3.63) is 41.7 Å². The van der Waals surface area contributed by atoms with Gasteiger partial charge in [-0.15, -0.1) is 0 Å². The zero-order valence-electron chi connectivity index (χ0n) is 16.1. The van der Waals surface area contributed by atoms with Crippen molar-refractivity contribution in [3.63, 3.8) is 0 Å². The first-order chi connectivity index (χ1) is 11.7. The van der Waals surface area contributed by atoms with E-state index in [1.165, 1.54) is 6.07 Å². The molecule has 0 amide bonds. The summed E-state index contributed by atoms with van der Waals surface area (Å²) in [7, 11) is -0.244. The predicted octanol–water partition coefficient (Wildman–Crippen LogP) is 5.53. The molecule has 0 saturated carbocycles. The van der Waals surface area contributed by atoms with Crippen LogP contribution in [0.5, 0.6) is 5.75 Å². The van der Waals surface area contributed by atoms with Crippen molar-refractivity contribution in [3.8, 4) is 5.75 Å². The Morgan fingerprint density at radius 2 is 1.80 bits per heavy atom. The number of rotatable bonds is 7. The fourth-order valence-corrected chi connectivity index (χ4v) is 3.49. The maximum absolute atomic E-state index is 14.4. The molecule has 0 saturated heterocycles. The lowest BCUT2D eigenvalue weighted by Crippen LogP contribution is -2.41. The quantitative estimate of drug-likeness (QED) is 0.478. The molecule has 0 bridgehead atoms. The first-order valence-electron chi connectivity index (χ1n) is 8.62. The second-order valence-corrected chi connectivity index (χ2v) is 12.6. The molecule has 3 nitrogen and oxygen atoms in total. The Labute approximate surface area is 151 Å². The van der Waals surface area contributed by atoms with Gasteiger partial charge in [0.15, 0.2) is 15.1 Å². The second-order valence-electron chi connectivity index (χ2n) is 7.82. The molecule has 0 N–H and O–H groups in total. The van der Waals surface area contributed by atoms with Crippen LogP contribution < -0.4 is 4.74 Å². The van der Waals surface area contributed by atoms with Gasteiger partial charge in [-0.1, -0.05) is 32.9 Å². The Morgan fingerprint density at radius 1 is 1.08 bits per heavy atom. The van der Waals surface area contributed by atoms with E-state index in [0.29, 0.717) is 24.3 Å². The lowest BCUT2D eigenvalue weighted by atomic mass is 10.0. The Hall–Kier alpha value is -1.43. The minimum absolute atomic E-state index is 0.151. The van der Waals surface area contributed by atoms with E-state index < -0.39 is 8.32 Å². The summed E-state index contributed by atoms with van der Waals surface area (Å²) in [6.07, 6.45) is 0.563. The van der Waals surface area contributed by atoms with Crippen LogP contribution in [0.25, 0.3) is 10.8 Å². The van der Waals surface area contributed by atoms with Gasteiger partial charge < -0.3 is 13.9 Å². The van der Waals surface area contributed by atoms with Crippen molar-refractivity contribution in [2.75, 3.05) is 20.5 Å². The van der Waals surface area contributed by atoms with Gasteiger partial charge in [0.1, 0.15) is 11.6 Å². The Bertz CT molecular complexity index is 723. The molecule has 0 spiro atoms. The molecular weight excluding hydrogens is 335 g/mol. The van der Waals surface area contributed by atoms with E-state index >= 15 is 0 Å². The first kappa shape index (κ1) is 19.9. The average molecular weight is 365 g/mol. The molecule has 138 valence electrons. The maximum Gasteiger partial charge on any atom is 0.191 e. The number of fused-ring (bicyclic) bond motifs is 1. The monoisotopic (exact) mass is 364 g/mol. The highest BCUT2D eigenvalue weighted by Gasteiger charge is 2.36. The van der Waals surface area contributed by atoms with Gasteiger partial charge in [0.25, 0.3) is 0 Å². The number of halogens is 1. The van der Waals surface area contributed by atoms with E-state index in [0.717, 1.165) is 10.8 Å². The summed E-state index contributed by atoms with van der Waals surface area (Å²) in [5.41, 5.74) is 0.703. The highest BCUT2D eigenvalue weighted by molar-refractivity contribution is 6.74. The summed E-state index contributed by atoms with van der Waals surface area (Å²) < 4.78 is 31.0. The van der Waals surface area contributed by atoms with Crippen LogP contribution >= 0.6 is 0 Å². The van der Waals surface area contributed by atoms with Gasteiger partial charge in [0.2, 0.25) is 0 Å².